The lowest BCUT2D eigenvalue weighted by molar-refractivity contribution is -0.645. The van der Waals surface area contributed by atoms with E-state index in [-0.39, 0.29) is 36.6 Å². The minimum absolute atomic E-state index is 0. The molecule has 0 aliphatic heterocycles. The first-order valence-electron chi connectivity index (χ1n) is 8.01. The molecule has 1 aromatic heterocycles. The molecule has 0 spiro atoms. The number of halogens is 1. The summed E-state index contributed by atoms with van der Waals surface area (Å²) in [6.45, 7) is 0.593. The van der Waals surface area contributed by atoms with E-state index in [2.05, 4.69) is 4.74 Å². The zero-order valence-electron chi connectivity index (χ0n) is 14.6. The molecule has 0 radical (unpaired) electrons. The quantitative estimate of drug-likeness (QED) is 0.278. The van der Waals surface area contributed by atoms with E-state index >= 15 is 0 Å². The first-order chi connectivity index (χ1) is 12.1. The Morgan fingerprint density at radius 3 is 2.58 bits per heavy atom. The Morgan fingerprint density at radius 1 is 1.19 bits per heavy atom. The number of imidazole rings is 1. The summed E-state index contributed by atoms with van der Waals surface area (Å²) in [5.41, 5.74) is 2.63. The highest BCUT2D eigenvalue weighted by Crippen LogP contribution is 2.14. The van der Waals surface area contributed by atoms with Crippen LogP contribution in [0.3, 0.4) is 0 Å². The molecule has 0 aliphatic carbocycles. The Bertz CT molecular complexity index is 877. The number of aliphatic hydroxyl groups is 1. The monoisotopic (exact) mass is 468 g/mol. The molecular weight excluding hydrogens is 447 g/mol. The summed E-state index contributed by atoms with van der Waals surface area (Å²) in [7, 11) is 3.32. The van der Waals surface area contributed by atoms with Crippen molar-refractivity contribution in [2.24, 2.45) is 7.05 Å². The fourth-order valence-corrected chi connectivity index (χ4v) is 2.76. The largest absolute Gasteiger partial charge is 1.00 e. The molecule has 26 heavy (non-hydrogen) atoms. The average Bonchev–Trinajstić information content (AvgIpc) is 2.96. The van der Waals surface area contributed by atoms with Crippen molar-refractivity contribution in [1.29, 1.82) is 0 Å². The van der Waals surface area contributed by atoms with Gasteiger partial charge >= 0.3 is 5.97 Å². The molecule has 2 aromatic carbocycles. The zero-order valence-corrected chi connectivity index (χ0v) is 16.8. The molecule has 1 heterocycles. The summed E-state index contributed by atoms with van der Waals surface area (Å²) in [5.74, 6) is 0.202. The van der Waals surface area contributed by atoms with Crippen LogP contribution < -0.4 is 33.3 Å². The minimum Gasteiger partial charge on any atom is -1.00 e. The number of rotatable bonds is 6. The highest BCUT2D eigenvalue weighted by atomic mass is 127. The normalized spacial score (nSPS) is 11.7. The topological polar surface area (TPSA) is 64.6 Å². The number of carbonyl (C=O) groups excluding carboxylic acids is 1. The van der Waals surface area contributed by atoms with E-state index in [0.717, 1.165) is 11.0 Å². The fraction of sp³-hybridized carbons (Fsp3) is 0.263. The maximum Gasteiger partial charge on any atom is 0.337 e. The molecule has 3 rings (SSSR count). The van der Waals surface area contributed by atoms with Gasteiger partial charge in [-0.05, 0) is 36.4 Å². The summed E-state index contributed by atoms with van der Waals surface area (Å²) in [4.78, 5) is 11.4. The number of hydrogen-bond acceptors (Lipinski definition) is 4. The van der Waals surface area contributed by atoms with Gasteiger partial charge in [0.2, 0.25) is 6.33 Å². The maximum atomic E-state index is 11.4. The molecule has 3 aromatic rings. The standard InChI is InChI=1S/C19H21N2O4.HI/c1-20-13-21(18-6-4-3-5-17(18)20)11-15(22)12-25-16-9-7-14(8-10-16)19(23)24-2;/h3-10,13,15,22H,11-12H2,1-2H3;1H/q+1;/p-1. The Hall–Kier alpha value is -2.13. The van der Waals surface area contributed by atoms with Crippen LogP contribution >= 0.6 is 0 Å². The van der Waals surface area contributed by atoms with Crippen LogP contribution in [0, 0.1) is 0 Å². The minimum atomic E-state index is -0.656. The number of hydrogen-bond donors (Lipinski definition) is 1. The van der Waals surface area contributed by atoms with Crippen molar-refractivity contribution in [3.05, 3.63) is 60.4 Å². The lowest BCUT2D eigenvalue weighted by Gasteiger charge is -2.11. The highest BCUT2D eigenvalue weighted by Gasteiger charge is 2.16. The molecule has 7 heteroatoms. The van der Waals surface area contributed by atoms with Gasteiger partial charge in [0, 0.05) is 0 Å². The van der Waals surface area contributed by atoms with Gasteiger partial charge in [-0.15, -0.1) is 0 Å². The number of ether oxygens (including phenoxy) is 2. The summed E-state index contributed by atoms with van der Waals surface area (Å²) in [5, 5.41) is 10.3. The van der Waals surface area contributed by atoms with Gasteiger partial charge in [-0.2, -0.15) is 0 Å². The number of fused-ring (bicyclic) bond motifs is 1. The van der Waals surface area contributed by atoms with E-state index < -0.39 is 6.10 Å². The van der Waals surface area contributed by atoms with Crippen molar-refractivity contribution in [2.75, 3.05) is 13.7 Å². The number of para-hydroxylation sites is 2. The van der Waals surface area contributed by atoms with Gasteiger partial charge in [-0.1, -0.05) is 12.1 Å². The number of benzene rings is 2. The highest BCUT2D eigenvalue weighted by molar-refractivity contribution is 5.89. The van der Waals surface area contributed by atoms with E-state index in [9.17, 15) is 9.90 Å². The predicted octanol–water partition coefficient (Wildman–Crippen LogP) is -1.30. The first-order valence-corrected chi connectivity index (χ1v) is 8.01. The van der Waals surface area contributed by atoms with Gasteiger partial charge in [0.05, 0.1) is 19.7 Å². The van der Waals surface area contributed by atoms with Crippen LogP contribution in [-0.4, -0.2) is 35.5 Å². The van der Waals surface area contributed by atoms with Gasteiger partial charge < -0.3 is 38.6 Å². The van der Waals surface area contributed by atoms with Gasteiger partial charge in [0.15, 0.2) is 11.0 Å². The summed E-state index contributed by atoms with van der Waals surface area (Å²) in [6.07, 6.45) is 1.30. The number of aliphatic hydroxyl groups excluding tert-OH is 1. The third kappa shape index (κ3) is 4.53. The van der Waals surface area contributed by atoms with Crippen LogP contribution in [0.1, 0.15) is 10.4 Å². The number of esters is 1. The fourth-order valence-electron chi connectivity index (χ4n) is 2.76. The van der Waals surface area contributed by atoms with Crippen molar-refractivity contribution < 1.29 is 47.9 Å². The molecule has 0 amide bonds. The second kappa shape index (κ2) is 9.00. The van der Waals surface area contributed by atoms with Gasteiger partial charge in [0.1, 0.15) is 25.0 Å². The molecule has 138 valence electrons. The first kappa shape index (κ1) is 20.2. The molecule has 0 saturated heterocycles. The SMILES string of the molecule is COC(=O)c1ccc(OCC(O)Cn2c[n+](C)c3ccccc32)cc1.[I-]. The smallest absolute Gasteiger partial charge is 0.337 e. The van der Waals surface area contributed by atoms with Gasteiger partial charge in [0.25, 0.3) is 0 Å². The van der Waals surface area contributed by atoms with E-state index in [1.165, 1.54) is 7.11 Å². The van der Waals surface area contributed by atoms with E-state index in [0.29, 0.717) is 17.9 Å². The van der Waals surface area contributed by atoms with Crippen molar-refractivity contribution in [1.82, 2.24) is 4.57 Å². The number of aromatic nitrogens is 2. The number of aryl methyl sites for hydroxylation is 1. The van der Waals surface area contributed by atoms with Crippen LogP contribution in [-0.2, 0) is 18.3 Å². The van der Waals surface area contributed by atoms with Gasteiger partial charge in [-0.3, -0.25) is 0 Å². The Labute approximate surface area is 169 Å². The predicted molar refractivity (Wildman–Crippen MR) is 92.4 cm³/mol. The molecule has 0 saturated carbocycles. The summed E-state index contributed by atoms with van der Waals surface area (Å²) >= 11 is 0. The van der Waals surface area contributed by atoms with Crippen molar-refractivity contribution >= 4 is 17.0 Å². The Balaban J connectivity index is 0.00000243. The number of nitrogens with zero attached hydrogens (tertiary/aromatic N) is 2. The second-order valence-electron chi connectivity index (χ2n) is 5.85. The van der Waals surface area contributed by atoms with Crippen LogP contribution in [0.5, 0.6) is 5.75 Å². The lowest BCUT2D eigenvalue weighted by Crippen LogP contribution is -3.00. The molecule has 1 N–H and O–H groups in total. The average molecular weight is 468 g/mol. The third-order valence-corrected chi connectivity index (χ3v) is 4.01. The van der Waals surface area contributed by atoms with Crippen LogP contribution in [0.25, 0.3) is 11.0 Å². The molecule has 0 fully saturated rings. The van der Waals surface area contributed by atoms with Crippen molar-refractivity contribution in [3.63, 3.8) is 0 Å². The third-order valence-electron chi connectivity index (χ3n) is 4.01. The van der Waals surface area contributed by atoms with Crippen LogP contribution in [0.15, 0.2) is 54.9 Å². The molecular formula is C19H21IN2O4. The van der Waals surface area contributed by atoms with Crippen molar-refractivity contribution in [2.45, 2.75) is 12.6 Å². The van der Waals surface area contributed by atoms with E-state index in [1.54, 1.807) is 24.3 Å². The maximum absolute atomic E-state index is 11.4. The number of carbonyl (C=O) groups is 1. The molecule has 0 bridgehead atoms. The molecule has 6 nitrogen and oxygen atoms in total. The molecule has 1 unspecified atom stereocenters. The van der Waals surface area contributed by atoms with Crippen molar-refractivity contribution in [3.8, 4) is 5.75 Å². The van der Waals surface area contributed by atoms with Crippen LogP contribution in [0.2, 0.25) is 0 Å². The van der Waals surface area contributed by atoms with Gasteiger partial charge in [-0.25, -0.2) is 13.9 Å². The van der Waals surface area contributed by atoms with E-state index in [1.807, 2.05) is 46.8 Å². The zero-order chi connectivity index (χ0) is 17.8. The summed E-state index contributed by atoms with van der Waals surface area (Å²) in [6, 6.07) is 14.7. The lowest BCUT2D eigenvalue weighted by atomic mass is 10.2. The molecule has 1 atom stereocenters. The summed E-state index contributed by atoms with van der Waals surface area (Å²) < 4.78 is 14.3. The number of methoxy groups -OCH3 is 1. The molecule has 0 aliphatic rings. The Morgan fingerprint density at radius 2 is 1.88 bits per heavy atom. The van der Waals surface area contributed by atoms with Crippen LogP contribution in [0.4, 0.5) is 0 Å². The Kier molecular flexibility index (Phi) is 6.98. The second-order valence-corrected chi connectivity index (χ2v) is 5.85. The van der Waals surface area contributed by atoms with E-state index in [4.69, 9.17) is 4.74 Å².